The summed E-state index contributed by atoms with van der Waals surface area (Å²) in [5, 5.41) is 16.7. The third kappa shape index (κ3) is 3.76. The van der Waals surface area contributed by atoms with E-state index in [-0.39, 0.29) is 0 Å². The Morgan fingerprint density at radius 2 is 1.70 bits per heavy atom. The van der Waals surface area contributed by atoms with Gasteiger partial charge in [-0.1, -0.05) is 45.9 Å². The van der Waals surface area contributed by atoms with Crippen LogP contribution in [-0.2, 0) is 5.75 Å². The lowest BCUT2D eigenvalue weighted by atomic mass is 10.3. The summed E-state index contributed by atoms with van der Waals surface area (Å²) in [5.41, 5.74) is 2.00. The lowest BCUT2D eigenvalue weighted by molar-refractivity contribution is 0.863. The smallest absolute Gasteiger partial charge is 0.199 e. The average Bonchev–Trinajstić information content (AvgIpc) is 3.24. The van der Waals surface area contributed by atoms with E-state index >= 15 is 0 Å². The average molecular weight is 459 g/mol. The van der Waals surface area contributed by atoms with Gasteiger partial charge in [-0.2, -0.15) is 5.10 Å². The monoisotopic (exact) mass is 458 g/mol. The van der Waals surface area contributed by atoms with Crippen LogP contribution in [0.2, 0.25) is 0 Å². The lowest BCUT2D eigenvalue weighted by Gasteiger charge is -2.09. The van der Waals surface area contributed by atoms with Crippen LogP contribution in [0, 0.1) is 11.7 Å². The van der Waals surface area contributed by atoms with Crippen molar-refractivity contribution in [1.29, 1.82) is 0 Å². The van der Waals surface area contributed by atoms with Crippen LogP contribution in [-0.4, -0.2) is 29.5 Å². The van der Waals surface area contributed by atoms with Gasteiger partial charge in [0.05, 0.1) is 5.75 Å². The molecule has 0 fully saturated rings. The first-order valence-corrected chi connectivity index (χ1v) is 10.3. The zero-order chi connectivity index (χ0) is 18.8. The number of aryl methyl sites for hydroxylation is 1. The third-order valence-electron chi connectivity index (χ3n) is 3.97. The van der Waals surface area contributed by atoms with Gasteiger partial charge in [-0.15, -0.1) is 10.2 Å². The summed E-state index contributed by atoms with van der Waals surface area (Å²) >= 11 is 10.4. The number of H-pyrrole nitrogens is 1. The molecule has 0 saturated heterocycles. The van der Waals surface area contributed by atoms with Crippen LogP contribution in [0.25, 0.3) is 11.4 Å². The highest BCUT2D eigenvalue weighted by Gasteiger charge is 2.14. The molecule has 0 amide bonds. The van der Waals surface area contributed by atoms with Gasteiger partial charge in [0.1, 0.15) is 11.6 Å². The molecule has 0 bridgehead atoms. The number of aromatic nitrogens is 6. The van der Waals surface area contributed by atoms with Gasteiger partial charge in [-0.3, -0.25) is 14.2 Å². The number of para-hydroxylation sites is 1. The Hall–Kier alpha value is -2.23. The minimum Gasteiger partial charge on any atom is -0.274 e. The number of hydrogen-bond donors (Lipinski definition) is 1. The number of nitrogens with one attached hydrogen (secondary N) is 1. The van der Waals surface area contributed by atoms with Gasteiger partial charge < -0.3 is 0 Å². The first-order valence-electron chi connectivity index (χ1n) is 8.16. The van der Waals surface area contributed by atoms with Gasteiger partial charge in [0.15, 0.2) is 9.93 Å². The molecule has 0 aliphatic carbocycles. The van der Waals surface area contributed by atoms with E-state index in [2.05, 4.69) is 36.3 Å². The molecular formula is C18H15BrN6S2. The molecule has 4 rings (SSSR count). The molecule has 0 saturated carbocycles. The maximum Gasteiger partial charge on any atom is 0.199 e. The van der Waals surface area contributed by atoms with Crippen molar-refractivity contribution in [3.63, 3.8) is 0 Å². The number of nitrogens with zero attached hydrogens (tertiary/aromatic N) is 5. The van der Waals surface area contributed by atoms with Crippen LogP contribution in [0.5, 0.6) is 0 Å². The highest BCUT2D eigenvalue weighted by molar-refractivity contribution is 9.10. The van der Waals surface area contributed by atoms with Crippen molar-refractivity contribution in [2.24, 2.45) is 0 Å². The number of thioether (sulfide) groups is 1. The normalized spacial score (nSPS) is 11.0. The van der Waals surface area contributed by atoms with Gasteiger partial charge in [0.25, 0.3) is 0 Å². The quantitative estimate of drug-likeness (QED) is 0.341. The number of benzene rings is 2. The molecule has 2 aromatic carbocycles. The van der Waals surface area contributed by atoms with Crippen molar-refractivity contribution in [2.75, 3.05) is 0 Å². The lowest BCUT2D eigenvalue weighted by Crippen LogP contribution is -2.02. The fourth-order valence-corrected chi connectivity index (χ4v) is 4.16. The predicted molar refractivity (Wildman–Crippen MR) is 112 cm³/mol. The predicted octanol–water partition coefficient (Wildman–Crippen LogP) is 4.87. The molecule has 0 aliphatic rings. The number of hydrogen-bond acceptors (Lipinski definition) is 5. The molecule has 9 heteroatoms. The van der Waals surface area contributed by atoms with Crippen molar-refractivity contribution in [1.82, 2.24) is 29.5 Å². The van der Waals surface area contributed by atoms with Crippen LogP contribution >= 0.6 is 39.9 Å². The summed E-state index contributed by atoms with van der Waals surface area (Å²) in [7, 11) is 0. The molecule has 4 aromatic rings. The Balaban J connectivity index is 1.63. The van der Waals surface area contributed by atoms with Gasteiger partial charge in [0, 0.05) is 15.8 Å². The molecular weight excluding hydrogens is 444 g/mol. The van der Waals surface area contributed by atoms with Gasteiger partial charge in [0.2, 0.25) is 0 Å². The molecule has 0 spiro atoms. The van der Waals surface area contributed by atoms with Gasteiger partial charge >= 0.3 is 0 Å². The van der Waals surface area contributed by atoms with Gasteiger partial charge in [-0.05, 0) is 55.5 Å². The van der Waals surface area contributed by atoms with E-state index < -0.39 is 0 Å². The molecule has 2 aromatic heterocycles. The van der Waals surface area contributed by atoms with Crippen molar-refractivity contribution in [3.8, 4) is 11.4 Å². The zero-order valence-electron chi connectivity index (χ0n) is 14.3. The number of halogens is 1. The molecule has 1 N–H and O–H groups in total. The summed E-state index contributed by atoms with van der Waals surface area (Å²) in [6, 6.07) is 18.0. The summed E-state index contributed by atoms with van der Waals surface area (Å²) in [6.07, 6.45) is 0. The van der Waals surface area contributed by atoms with E-state index in [1.54, 1.807) is 11.8 Å². The largest absolute Gasteiger partial charge is 0.274 e. The van der Waals surface area contributed by atoms with Crippen LogP contribution in [0.1, 0.15) is 11.6 Å². The van der Waals surface area contributed by atoms with Crippen LogP contribution in [0.3, 0.4) is 0 Å². The summed E-state index contributed by atoms with van der Waals surface area (Å²) in [6.45, 7) is 1.95. The van der Waals surface area contributed by atoms with Crippen molar-refractivity contribution in [2.45, 2.75) is 17.8 Å². The second-order valence-electron chi connectivity index (χ2n) is 5.75. The Labute approximate surface area is 173 Å². The molecule has 27 heavy (non-hydrogen) atoms. The summed E-state index contributed by atoms with van der Waals surface area (Å²) < 4.78 is 5.55. The van der Waals surface area contributed by atoms with E-state index in [9.17, 15) is 0 Å². The number of aromatic amines is 1. The van der Waals surface area contributed by atoms with E-state index in [1.807, 2.05) is 70.7 Å². The second kappa shape index (κ2) is 7.79. The molecule has 136 valence electrons. The Morgan fingerprint density at radius 1 is 1.00 bits per heavy atom. The van der Waals surface area contributed by atoms with E-state index in [0.29, 0.717) is 10.5 Å². The van der Waals surface area contributed by atoms with Crippen LogP contribution < -0.4 is 0 Å². The molecule has 0 atom stereocenters. The minimum absolute atomic E-state index is 0.564. The molecule has 6 nitrogen and oxygen atoms in total. The summed E-state index contributed by atoms with van der Waals surface area (Å²) in [5.74, 6) is 2.27. The fraction of sp³-hybridized carbons (Fsp3) is 0.111. The second-order valence-corrected chi connectivity index (χ2v) is 7.99. The van der Waals surface area contributed by atoms with E-state index in [1.165, 1.54) is 0 Å². The van der Waals surface area contributed by atoms with E-state index in [4.69, 9.17) is 12.2 Å². The SMILES string of the molecule is Cc1nnc(SCc2n[nH]c(=S)n2-c2ccc(Br)cc2)n1-c1ccccc1. The minimum atomic E-state index is 0.564. The first-order chi connectivity index (χ1) is 13.1. The van der Waals surface area contributed by atoms with Crippen LogP contribution in [0.15, 0.2) is 64.2 Å². The highest BCUT2D eigenvalue weighted by atomic mass is 79.9. The van der Waals surface area contributed by atoms with Gasteiger partial charge in [-0.25, -0.2) is 0 Å². The summed E-state index contributed by atoms with van der Waals surface area (Å²) in [4.78, 5) is 0. The standard InChI is InChI=1S/C18H15BrN6S2/c1-12-20-23-18(24(12)14-5-3-2-4-6-14)27-11-16-21-22-17(26)25(16)15-9-7-13(19)8-10-15/h2-10H,11H2,1H3,(H,22,26). The first kappa shape index (κ1) is 18.1. The fourth-order valence-electron chi connectivity index (χ4n) is 2.72. The van der Waals surface area contributed by atoms with Crippen LogP contribution in [0.4, 0.5) is 0 Å². The van der Waals surface area contributed by atoms with Crippen molar-refractivity contribution in [3.05, 3.63) is 75.5 Å². The zero-order valence-corrected chi connectivity index (χ0v) is 17.6. The number of rotatable bonds is 5. The van der Waals surface area contributed by atoms with E-state index in [0.717, 1.165) is 32.7 Å². The van der Waals surface area contributed by atoms with Crippen molar-refractivity contribution >= 4 is 39.9 Å². The topological polar surface area (TPSA) is 64.3 Å². The molecule has 0 unspecified atom stereocenters. The highest BCUT2D eigenvalue weighted by Crippen LogP contribution is 2.25. The molecule has 0 radical (unpaired) electrons. The molecule has 0 aliphatic heterocycles. The Kier molecular flexibility index (Phi) is 5.24. The Morgan fingerprint density at radius 3 is 2.44 bits per heavy atom. The maximum absolute atomic E-state index is 5.42. The Bertz CT molecular complexity index is 1110. The van der Waals surface area contributed by atoms with Crippen molar-refractivity contribution < 1.29 is 0 Å². The maximum atomic E-state index is 5.42. The molecule has 2 heterocycles. The third-order valence-corrected chi connectivity index (χ3v) is 5.69.